The normalized spacial score (nSPS) is 12.7. The first-order valence-electron chi connectivity index (χ1n) is 13.1. The molecule has 0 aliphatic carbocycles. The van der Waals surface area contributed by atoms with Gasteiger partial charge in [-0.05, 0) is 62.4 Å². The number of nitrogens with zero attached hydrogens (tertiary/aromatic N) is 1. The van der Waals surface area contributed by atoms with Gasteiger partial charge in [0, 0.05) is 20.0 Å². The van der Waals surface area contributed by atoms with Crippen LogP contribution in [-0.4, -0.2) is 41.5 Å². The zero-order valence-corrected chi connectivity index (χ0v) is 23.7. The summed E-state index contributed by atoms with van der Waals surface area (Å²) < 4.78 is 5.45. The fourth-order valence-corrected chi connectivity index (χ4v) is 4.51. The molecule has 0 bridgehead atoms. The molecule has 2 atom stereocenters. The molecule has 0 aromatic heterocycles. The van der Waals surface area contributed by atoms with E-state index in [4.69, 9.17) is 4.74 Å². The number of hydrogen-bond acceptors (Lipinski definition) is 4. The fourth-order valence-electron chi connectivity index (χ4n) is 4.51. The van der Waals surface area contributed by atoms with Gasteiger partial charge in [0.05, 0.1) is 0 Å². The fraction of sp³-hybridized carbons (Fsp3) is 0.344. The molecule has 3 amide bonds. The van der Waals surface area contributed by atoms with Gasteiger partial charge in [-0.2, -0.15) is 0 Å². The van der Waals surface area contributed by atoms with Crippen molar-refractivity contribution >= 4 is 17.9 Å². The van der Waals surface area contributed by atoms with E-state index >= 15 is 0 Å². The topological polar surface area (TPSA) is 87.7 Å². The summed E-state index contributed by atoms with van der Waals surface area (Å²) in [5.74, 6) is -0.699. The maximum atomic E-state index is 14.0. The molecule has 2 unspecified atom stereocenters. The van der Waals surface area contributed by atoms with Crippen LogP contribution in [0.15, 0.2) is 78.9 Å². The molecule has 0 fully saturated rings. The van der Waals surface area contributed by atoms with Gasteiger partial charge in [0.2, 0.25) is 11.8 Å². The average Bonchev–Trinajstić information content (AvgIpc) is 2.88. The third-order valence-corrected chi connectivity index (χ3v) is 6.38. The number of aryl methyl sites for hydroxylation is 2. The maximum absolute atomic E-state index is 14.0. The lowest BCUT2D eigenvalue weighted by atomic mass is 9.93. The van der Waals surface area contributed by atoms with Crippen LogP contribution in [-0.2, 0) is 27.3 Å². The van der Waals surface area contributed by atoms with Gasteiger partial charge in [-0.25, -0.2) is 4.79 Å². The van der Waals surface area contributed by atoms with Crippen molar-refractivity contribution in [1.82, 2.24) is 15.5 Å². The third kappa shape index (κ3) is 8.43. The molecule has 0 spiro atoms. The van der Waals surface area contributed by atoms with E-state index in [1.54, 1.807) is 27.8 Å². The lowest BCUT2D eigenvalue weighted by molar-refractivity contribution is -0.140. The molecule has 3 aromatic carbocycles. The Morgan fingerprint density at radius 1 is 0.821 bits per heavy atom. The van der Waals surface area contributed by atoms with Crippen LogP contribution in [0, 0.1) is 13.8 Å². The van der Waals surface area contributed by atoms with E-state index in [1.165, 1.54) is 4.90 Å². The van der Waals surface area contributed by atoms with Crippen LogP contribution in [0.3, 0.4) is 0 Å². The predicted octanol–water partition coefficient (Wildman–Crippen LogP) is 5.26. The van der Waals surface area contributed by atoms with Gasteiger partial charge in [0.15, 0.2) is 0 Å². The molecule has 7 nitrogen and oxygen atoms in total. The summed E-state index contributed by atoms with van der Waals surface area (Å²) in [6, 6.07) is 23.0. The zero-order valence-electron chi connectivity index (χ0n) is 23.7. The highest BCUT2D eigenvalue weighted by atomic mass is 16.6. The molecule has 2 N–H and O–H groups in total. The molecule has 206 valence electrons. The van der Waals surface area contributed by atoms with Gasteiger partial charge >= 0.3 is 6.09 Å². The molecule has 0 aliphatic heterocycles. The third-order valence-electron chi connectivity index (χ3n) is 6.38. The minimum Gasteiger partial charge on any atom is -0.444 e. The molecule has 3 aromatic rings. The summed E-state index contributed by atoms with van der Waals surface area (Å²) in [4.78, 5) is 42.0. The Labute approximate surface area is 231 Å². The molecule has 7 heteroatoms. The number of carbonyl (C=O) groups excluding carboxylic acids is 3. The van der Waals surface area contributed by atoms with Gasteiger partial charge in [-0.1, -0.05) is 78.9 Å². The zero-order chi connectivity index (χ0) is 28.6. The largest absolute Gasteiger partial charge is 0.444 e. The Morgan fingerprint density at radius 3 is 1.90 bits per heavy atom. The van der Waals surface area contributed by atoms with Gasteiger partial charge in [-0.15, -0.1) is 0 Å². The Hall–Kier alpha value is -4.13. The van der Waals surface area contributed by atoms with E-state index in [1.807, 2.05) is 92.7 Å². The SMILES string of the molecule is Cc1cccc(C)c1C(C(=O)NCc1ccccc1)N(C)C(=O)C(Cc1ccccc1)NC(=O)OC(C)(C)C. The van der Waals surface area contributed by atoms with E-state index in [2.05, 4.69) is 10.6 Å². The summed E-state index contributed by atoms with van der Waals surface area (Å²) in [6.07, 6.45) is -0.448. The summed E-state index contributed by atoms with van der Waals surface area (Å²) >= 11 is 0. The second kappa shape index (κ2) is 13.1. The van der Waals surface area contributed by atoms with E-state index in [0.29, 0.717) is 6.54 Å². The van der Waals surface area contributed by atoms with Crippen molar-refractivity contribution in [3.63, 3.8) is 0 Å². The van der Waals surface area contributed by atoms with E-state index in [9.17, 15) is 14.4 Å². The molecule has 0 radical (unpaired) electrons. The monoisotopic (exact) mass is 529 g/mol. The minimum atomic E-state index is -0.944. The molecule has 0 saturated carbocycles. The van der Waals surface area contributed by atoms with Crippen molar-refractivity contribution in [1.29, 1.82) is 0 Å². The van der Waals surface area contributed by atoms with Crippen LogP contribution in [0.4, 0.5) is 4.79 Å². The highest BCUT2D eigenvalue weighted by Crippen LogP contribution is 2.28. The lowest BCUT2D eigenvalue weighted by Gasteiger charge is -2.33. The second-order valence-electron chi connectivity index (χ2n) is 10.7. The van der Waals surface area contributed by atoms with Crippen molar-refractivity contribution in [3.05, 3.63) is 107 Å². The lowest BCUT2D eigenvalue weighted by Crippen LogP contribution is -2.52. The summed E-state index contributed by atoms with van der Waals surface area (Å²) in [6.45, 7) is 9.48. The minimum absolute atomic E-state index is 0.244. The highest BCUT2D eigenvalue weighted by Gasteiger charge is 2.35. The molecular formula is C32H39N3O4. The molecule has 39 heavy (non-hydrogen) atoms. The average molecular weight is 530 g/mol. The van der Waals surface area contributed by atoms with Crippen LogP contribution in [0.2, 0.25) is 0 Å². The van der Waals surface area contributed by atoms with E-state index in [-0.39, 0.29) is 12.3 Å². The van der Waals surface area contributed by atoms with E-state index < -0.39 is 29.7 Å². The Kier molecular flexibility index (Phi) is 9.88. The van der Waals surface area contributed by atoms with Crippen molar-refractivity contribution < 1.29 is 19.1 Å². The number of nitrogens with one attached hydrogen (secondary N) is 2. The highest BCUT2D eigenvalue weighted by molar-refractivity contribution is 5.92. The quantitative estimate of drug-likeness (QED) is 0.396. The van der Waals surface area contributed by atoms with Crippen molar-refractivity contribution in [2.24, 2.45) is 0 Å². The Morgan fingerprint density at radius 2 is 1.36 bits per heavy atom. The molecule has 0 saturated heterocycles. The number of hydrogen-bond donors (Lipinski definition) is 2. The van der Waals surface area contributed by atoms with Gasteiger partial charge < -0.3 is 20.3 Å². The van der Waals surface area contributed by atoms with Gasteiger partial charge in [0.25, 0.3) is 0 Å². The number of likely N-dealkylation sites (N-methyl/N-ethyl adjacent to an activating group) is 1. The number of rotatable bonds is 9. The molecule has 0 heterocycles. The number of amides is 3. The van der Waals surface area contributed by atoms with Crippen LogP contribution in [0.25, 0.3) is 0 Å². The first-order chi connectivity index (χ1) is 18.5. The van der Waals surface area contributed by atoms with Crippen molar-refractivity contribution in [3.8, 4) is 0 Å². The van der Waals surface area contributed by atoms with Gasteiger partial charge in [-0.3, -0.25) is 9.59 Å². The second-order valence-corrected chi connectivity index (χ2v) is 10.7. The summed E-state index contributed by atoms with van der Waals surface area (Å²) in [5.41, 5.74) is 3.65. The standard InChI is InChI=1S/C32H39N3O4/c1-22-14-13-15-23(2)27(22)28(29(36)33-21-25-18-11-8-12-19-25)35(6)30(37)26(20-24-16-9-7-10-17-24)34-31(38)39-32(3,4)5/h7-19,26,28H,20-21H2,1-6H3,(H,33,36)(H,34,38). The maximum Gasteiger partial charge on any atom is 0.408 e. The van der Waals surface area contributed by atoms with Gasteiger partial charge in [0.1, 0.15) is 17.7 Å². The number of carbonyl (C=O) groups is 3. The van der Waals surface area contributed by atoms with Crippen molar-refractivity contribution in [2.75, 3.05) is 7.05 Å². The number of ether oxygens (including phenoxy) is 1. The van der Waals surface area contributed by atoms with Crippen LogP contribution in [0.1, 0.15) is 54.6 Å². The first kappa shape index (κ1) is 29.4. The molecule has 0 aliphatic rings. The van der Waals surface area contributed by atoms with Crippen LogP contribution >= 0.6 is 0 Å². The first-order valence-corrected chi connectivity index (χ1v) is 13.1. The van der Waals surface area contributed by atoms with Crippen LogP contribution in [0.5, 0.6) is 0 Å². The summed E-state index contributed by atoms with van der Waals surface area (Å²) in [5, 5.41) is 5.75. The Balaban J connectivity index is 1.94. The Bertz CT molecular complexity index is 1250. The summed E-state index contributed by atoms with van der Waals surface area (Å²) in [7, 11) is 1.61. The predicted molar refractivity (Wildman–Crippen MR) is 153 cm³/mol. The molecular weight excluding hydrogens is 490 g/mol. The number of alkyl carbamates (subject to hydrolysis) is 1. The van der Waals surface area contributed by atoms with Crippen molar-refractivity contribution in [2.45, 2.75) is 65.3 Å². The number of benzene rings is 3. The van der Waals surface area contributed by atoms with E-state index in [0.717, 1.165) is 27.8 Å². The molecule has 3 rings (SSSR count). The van der Waals surface area contributed by atoms with Crippen LogP contribution < -0.4 is 10.6 Å². The smallest absolute Gasteiger partial charge is 0.408 e.